The van der Waals surface area contributed by atoms with Gasteiger partial charge in [0.15, 0.2) is 6.61 Å². The first-order valence-electron chi connectivity index (χ1n) is 10.3. The minimum atomic E-state index is -0.558. The first-order valence-corrected chi connectivity index (χ1v) is 11.2. The van der Waals surface area contributed by atoms with Crippen LogP contribution in [0.1, 0.15) is 57.3 Å². The summed E-state index contributed by atoms with van der Waals surface area (Å²) in [6.45, 7) is 7.85. The highest BCUT2D eigenvalue weighted by atomic mass is 32.2. The van der Waals surface area contributed by atoms with Crippen LogP contribution < -0.4 is 10.6 Å². The molecule has 0 bridgehead atoms. The molecule has 0 heterocycles. The van der Waals surface area contributed by atoms with Crippen LogP contribution in [-0.4, -0.2) is 42.2 Å². The molecule has 2 N–H and O–H groups in total. The van der Waals surface area contributed by atoms with Crippen LogP contribution in [-0.2, 0) is 14.3 Å². The van der Waals surface area contributed by atoms with E-state index in [-0.39, 0.29) is 36.3 Å². The summed E-state index contributed by atoms with van der Waals surface area (Å²) in [4.78, 5) is 37.3. The molecule has 6 nitrogen and oxygen atoms in total. The summed E-state index contributed by atoms with van der Waals surface area (Å²) in [6.07, 6.45) is 3.25. The summed E-state index contributed by atoms with van der Waals surface area (Å²) in [7, 11) is 0. The lowest BCUT2D eigenvalue weighted by atomic mass is 9.78. The van der Waals surface area contributed by atoms with Gasteiger partial charge in [0.05, 0.1) is 11.3 Å². The summed E-state index contributed by atoms with van der Waals surface area (Å²) >= 11 is 1.28. The van der Waals surface area contributed by atoms with Gasteiger partial charge in [0.25, 0.3) is 5.91 Å². The fraction of sp³-hybridized carbons (Fsp3) is 0.591. The van der Waals surface area contributed by atoms with E-state index >= 15 is 0 Å². The highest BCUT2D eigenvalue weighted by Crippen LogP contribution is 2.29. The topological polar surface area (TPSA) is 84.5 Å². The molecule has 2 amide bonds. The molecule has 3 atom stereocenters. The van der Waals surface area contributed by atoms with Crippen molar-refractivity contribution >= 4 is 29.5 Å². The van der Waals surface area contributed by atoms with Crippen molar-refractivity contribution in [2.45, 2.75) is 63.9 Å². The molecule has 29 heavy (non-hydrogen) atoms. The smallest absolute Gasteiger partial charge is 0.339 e. The van der Waals surface area contributed by atoms with Gasteiger partial charge in [-0.15, -0.1) is 11.8 Å². The van der Waals surface area contributed by atoms with Crippen LogP contribution in [0.4, 0.5) is 0 Å². The number of carbonyl (C=O) groups excluding carboxylic acids is 3. The Labute approximate surface area is 177 Å². The Hall–Kier alpha value is -2.02. The molecule has 1 fully saturated rings. The maximum absolute atomic E-state index is 12.5. The third kappa shape index (κ3) is 7.38. The van der Waals surface area contributed by atoms with Gasteiger partial charge in [-0.3, -0.25) is 9.59 Å². The van der Waals surface area contributed by atoms with Crippen LogP contribution in [0.3, 0.4) is 0 Å². The van der Waals surface area contributed by atoms with Crippen molar-refractivity contribution in [3.05, 3.63) is 29.8 Å². The maximum Gasteiger partial charge on any atom is 0.339 e. The Morgan fingerprint density at radius 3 is 2.59 bits per heavy atom. The number of amides is 2. The minimum absolute atomic E-state index is 0.0664. The molecule has 1 aromatic rings. The molecule has 7 heteroatoms. The molecule has 2 rings (SSSR count). The number of hydrogen-bond acceptors (Lipinski definition) is 5. The number of rotatable bonds is 8. The third-order valence-electron chi connectivity index (χ3n) is 5.30. The number of ether oxygens (including phenoxy) is 1. The van der Waals surface area contributed by atoms with Gasteiger partial charge in [0.2, 0.25) is 5.91 Å². The van der Waals surface area contributed by atoms with Gasteiger partial charge in [0.1, 0.15) is 0 Å². The number of carbonyl (C=O) groups is 3. The Balaban J connectivity index is 1.87. The zero-order chi connectivity index (χ0) is 21.4. The molecule has 0 radical (unpaired) electrons. The Kier molecular flexibility index (Phi) is 9.01. The lowest BCUT2D eigenvalue weighted by Gasteiger charge is -2.34. The quantitative estimate of drug-likeness (QED) is 0.497. The Morgan fingerprint density at radius 1 is 1.14 bits per heavy atom. The minimum Gasteiger partial charge on any atom is -0.452 e. The van der Waals surface area contributed by atoms with Crippen LogP contribution in [0.5, 0.6) is 0 Å². The van der Waals surface area contributed by atoms with Gasteiger partial charge < -0.3 is 15.4 Å². The standard InChI is InChI=1S/C22H32N2O4S/c1-14(2)23-21(26)13-29-19-11-6-5-9-17(19)22(27)28-12-20(25)24-18-10-7-8-15(3)16(18)4/h5-6,9,11,14-16,18H,7-8,10,12-13H2,1-4H3,(H,23,26)(H,24,25)/t15-,16-,18+/m1/s1. The van der Waals surface area contributed by atoms with Crippen molar-refractivity contribution in [1.29, 1.82) is 0 Å². The lowest BCUT2D eigenvalue weighted by molar-refractivity contribution is -0.125. The highest BCUT2D eigenvalue weighted by molar-refractivity contribution is 8.00. The lowest BCUT2D eigenvalue weighted by Crippen LogP contribution is -2.45. The monoisotopic (exact) mass is 420 g/mol. The number of hydrogen-bond donors (Lipinski definition) is 2. The number of benzene rings is 1. The fourth-order valence-corrected chi connectivity index (χ4v) is 4.36. The Morgan fingerprint density at radius 2 is 1.86 bits per heavy atom. The summed E-state index contributed by atoms with van der Waals surface area (Å²) < 4.78 is 5.24. The van der Waals surface area contributed by atoms with Gasteiger partial charge in [-0.1, -0.05) is 38.8 Å². The number of thioether (sulfide) groups is 1. The van der Waals surface area contributed by atoms with Gasteiger partial charge in [-0.25, -0.2) is 4.79 Å². The molecule has 1 aliphatic rings. The second-order valence-electron chi connectivity index (χ2n) is 8.02. The molecule has 0 unspecified atom stereocenters. The number of nitrogens with one attached hydrogen (secondary N) is 2. The van der Waals surface area contributed by atoms with E-state index in [2.05, 4.69) is 24.5 Å². The zero-order valence-corrected chi connectivity index (χ0v) is 18.5. The van der Waals surface area contributed by atoms with Crippen LogP contribution in [0, 0.1) is 11.8 Å². The molecular weight excluding hydrogens is 388 g/mol. The average molecular weight is 421 g/mol. The van der Waals surface area contributed by atoms with E-state index in [1.165, 1.54) is 18.2 Å². The van der Waals surface area contributed by atoms with E-state index in [1.54, 1.807) is 24.3 Å². The second kappa shape index (κ2) is 11.2. The van der Waals surface area contributed by atoms with E-state index in [4.69, 9.17) is 4.74 Å². The van der Waals surface area contributed by atoms with Crippen molar-refractivity contribution in [3.8, 4) is 0 Å². The number of esters is 1. The third-order valence-corrected chi connectivity index (χ3v) is 6.38. The largest absolute Gasteiger partial charge is 0.452 e. The molecule has 1 aliphatic carbocycles. The normalized spacial score (nSPS) is 21.5. The summed E-state index contributed by atoms with van der Waals surface area (Å²) in [5, 5.41) is 5.82. The first-order chi connectivity index (χ1) is 13.8. The first kappa shape index (κ1) is 23.3. The van der Waals surface area contributed by atoms with Gasteiger partial charge in [-0.2, -0.15) is 0 Å². The molecule has 0 aromatic heterocycles. The summed E-state index contributed by atoms with van der Waals surface area (Å²) in [5.41, 5.74) is 0.363. The SMILES string of the molecule is CC(C)NC(=O)CSc1ccccc1C(=O)OCC(=O)N[C@H]1CCC[C@@H](C)[C@H]1C. The van der Waals surface area contributed by atoms with Crippen LogP contribution >= 0.6 is 11.8 Å². The molecule has 160 valence electrons. The van der Waals surface area contributed by atoms with Crippen molar-refractivity contribution in [2.75, 3.05) is 12.4 Å². The summed E-state index contributed by atoms with van der Waals surface area (Å²) in [6, 6.07) is 7.16. The van der Waals surface area contributed by atoms with Crippen molar-refractivity contribution in [2.24, 2.45) is 11.8 Å². The molecule has 0 aliphatic heterocycles. The molecule has 1 aromatic carbocycles. The zero-order valence-electron chi connectivity index (χ0n) is 17.7. The van der Waals surface area contributed by atoms with E-state index in [0.717, 1.165) is 12.8 Å². The van der Waals surface area contributed by atoms with E-state index < -0.39 is 5.97 Å². The highest BCUT2D eigenvalue weighted by Gasteiger charge is 2.28. The van der Waals surface area contributed by atoms with Crippen molar-refractivity contribution in [1.82, 2.24) is 10.6 Å². The van der Waals surface area contributed by atoms with Crippen LogP contribution in [0.2, 0.25) is 0 Å². The maximum atomic E-state index is 12.5. The predicted octanol–water partition coefficient (Wildman–Crippen LogP) is 3.40. The predicted molar refractivity (Wildman–Crippen MR) is 115 cm³/mol. The molecule has 1 saturated carbocycles. The van der Waals surface area contributed by atoms with Gasteiger partial charge >= 0.3 is 5.97 Å². The average Bonchev–Trinajstić information content (AvgIpc) is 2.68. The van der Waals surface area contributed by atoms with Crippen LogP contribution in [0.25, 0.3) is 0 Å². The fourth-order valence-electron chi connectivity index (χ4n) is 3.51. The second-order valence-corrected chi connectivity index (χ2v) is 9.04. The molecule has 0 saturated heterocycles. The van der Waals surface area contributed by atoms with E-state index in [0.29, 0.717) is 22.3 Å². The van der Waals surface area contributed by atoms with Crippen molar-refractivity contribution < 1.29 is 19.1 Å². The molecule has 0 spiro atoms. The van der Waals surface area contributed by atoms with Crippen molar-refractivity contribution in [3.63, 3.8) is 0 Å². The summed E-state index contributed by atoms with van der Waals surface area (Å²) in [5.74, 6) is 0.276. The molecular formula is C22H32N2O4S. The Bertz CT molecular complexity index is 723. The van der Waals surface area contributed by atoms with Crippen LogP contribution in [0.15, 0.2) is 29.2 Å². The van der Waals surface area contributed by atoms with Gasteiger partial charge in [0, 0.05) is 17.0 Å². The van der Waals surface area contributed by atoms with E-state index in [1.807, 2.05) is 13.8 Å². The van der Waals surface area contributed by atoms with Gasteiger partial charge in [-0.05, 0) is 44.2 Å². The van der Waals surface area contributed by atoms with E-state index in [9.17, 15) is 14.4 Å².